The van der Waals surface area contributed by atoms with Gasteiger partial charge in [0.15, 0.2) is 0 Å². The van der Waals surface area contributed by atoms with Crippen molar-refractivity contribution in [2.45, 2.75) is 57.3 Å². The number of nitrogens with zero attached hydrogens (tertiary/aromatic N) is 1. The zero-order chi connectivity index (χ0) is 16.2. The second-order valence-electron chi connectivity index (χ2n) is 7.34. The fourth-order valence-electron chi connectivity index (χ4n) is 4.01. The summed E-state index contributed by atoms with van der Waals surface area (Å²) in [5, 5.41) is 0. The van der Waals surface area contributed by atoms with Gasteiger partial charge in [-0.2, -0.15) is 0 Å². The Bertz CT molecular complexity index is 534. The van der Waals surface area contributed by atoms with Gasteiger partial charge in [-0.05, 0) is 49.3 Å². The Kier molecular flexibility index (Phi) is 5.36. The Labute approximate surface area is 145 Å². The topological polar surface area (TPSA) is 30.9 Å². The average molecular weight is 331 g/mol. The van der Waals surface area contributed by atoms with Gasteiger partial charge in [0.1, 0.15) is 5.75 Å². The summed E-state index contributed by atoms with van der Waals surface area (Å²) < 4.78 is 17.5. The smallest absolute Gasteiger partial charge is 0.122 e. The lowest BCUT2D eigenvalue weighted by molar-refractivity contribution is -0.0753. The second-order valence-corrected chi connectivity index (χ2v) is 7.34. The van der Waals surface area contributed by atoms with E-state index >= 15 is 0 Å². The highest BCUT2D eigenvalue weighted by Gasteiger charge is 2.22. The van der Waals surface area contributed by atoms with Gasteiger partial charge in [0.05, 0.1) is 25.4 Å². The maximum atomic E-state index is 6.11. The van der Waals surface area contributed by atoms with Gasteiger partial charge in [-0.25, -0.2) is 0 Å². The minimum Gasteiger partial charge on any atom is -0.493 e. The third kappa shape index (κ3) is 4.11. The fraction of sp³-hybridized carbons (Fsp3) is 0.700. The van der Waals surface area contributed by atoms with Crippen LogP contribution in [0.2, 0.25) is 0 Å². The van der Waals surface area contributed by atoms with Crippen molar-refractivity contribution in [3.8, 4) is 5.75 Å². The molecule has 4 rings (SSSR count). The molecule has 1 aromatic carbocycles. The molecule has 0 spiro atoms. The molecule has 0 unspecified atom stereocenters. The average Bonchev–Trinajstić information content (AvgIpc) is 3.10. The Morgan fingerprint density at radius 3 is 2.83 bits per heavy atom. The number of ether oxygens (including phenoxy) is 3. The quantitative estimate of drug-likeness (QED) is 0.829. The van der Waals surface area contributed by atoms with Crippen LogP contribution in [0, 0.1) is 0 Å². The summed E-state index contributed by atoms with van der Waals surface area (Å²) in [4.78, 5) is 2.55. The molecule has 0 N–H and O–H groups in total. The molecule has 3 aliphatic heterocycles. The Hall–Kier alpha value is -1.10. The van der Waals surface area contributed by atoms with Gasteiger partial charge in [0, 0.05) is 32.7 Å². The van der Waals surface area contributed by atoms with Crippen molar-refractivity contribution < 1.29 is 14.2 Å². The van der Waals surface area contributed by atoms with E-state index in [1.54, 1.807) is 0 Å². The third-order valence-corrected chi connectivity index (χ3v) is 5.49. The van der Waals surface area contributed by atoms with E-state index in [1.165, 1.54) is 30.4 Å². The first-order chi connectivity index (χ1) is 11.9. The molecule has 0 radical (unpaired) electrons. The number of rotatable bonds is 5. The maximum Gasteiger partial charge on any atom is 0.122 e. The van der Waals surface area contributed by atoms with Crippen LogP contribution >= 0.6 is 0 Å². The zero-order valence-electron chi connectivity index (χ0n) is 14.5. The fourth-order valence-corrected chi connectivity index (χ4v) is 4.01. The molecule has 3 heterocycles. The minimum absolute atomic E-state index is 0.338. The Morgan fingerprint density at radius 2 is 2.00 bits per heavy atom. The summed E-state index contributed by atoms with van der Waals surface area (Å²) in [6, 6.07) is 6.68. The van der Waals surface area contributed by atoms with E-state index in [9.17, 15) is 0 Å². The van der Waals surface area contributed by atoms with Gasteiger partial charge in [-0.1, -0.05) is 12.1 Å². The van der Waals surface area contributed by atoms with Crippen LogP contribution in [0.5, 0.6) is 5.75 Å². The molecule has 24 heavy (non-hydrogen) atoms. The van der Waals surface area contributed by atoms with Gasteiger partial charge >= 0.3 is 0 Å². The van der Waals surface area contributed by atoms with Crippen molar-refractivity contribution in [2.75, 3.05) is 32.9 Å². The summed E-state index contributed by atoms with van der Waals surface area (Å²) >= 11 is 0. The predicted octanol–water partition coefficient (Wildman–Crippen LogP) is 3.17. The predicted molar refractivity (Wildman–Crippen MR) is 93.5 cm³/mol. The molecule has 1 atom stereocenters. The van der Waals surface area contributed by atoms with E-state index < -0.39 is 0 Å². The van der Waals surface area contributed by atoms with Crippen LogP contribution in [0.15, 0.2) is 18.2 Å². The first-order valence-electron chi connectivity index (χ1n) is 9.57. The summed E-state index contributed by atoms with van der Waals surface area (Å²) in [6.07, 6.45) is 7.76. The molecular weight excluding hydrogens is 302 g/mol. The molecule has 0 aromatic heterocycles. The lowest BCUT2D eigenvalue weighted by atomic mass is 10.0. The first-order valence-corrected chi connectivity index (χ1v) is 9.57. The van der Waals surface area contributed by atoms with Gasteiger partial charge in [0.2, 0.25) is 0 Å². The highest BCUT2D eigenvalue weighted by molar-refractivity contribution is 5.39. The molecule has 3 aliphatic rings. The monoisotopic (exact) mass is 331 g/mol. The van der Waals surface area contributed by atoms with E-state index in [-0.39, 0.29) is 0 Å². The maximum absolute atomic E-state index is 6.11. The SMILES string of the molecule is c1cc2c(cc1CN1CCC(OC[C@H]3CCCCO3)CC1)CCO2. The summed E-state index contributed by atoms with van der Waals surface area (Å²) in [6.45, 7) is 5.85. The number of hydrogen-bond donors (Lipinski definition) is 0. The van der Waals surface area contributed by atoms with Gasteiger partial charge in [-0.15, -0.1) is 0 Å². The number of hydrogen-bond acceptors (Lipinski definition) is 4. The van der Waals surface area contributed by atoms with Crippen LogP contribution in [-0.4, -0.2) is 50.0 Å². The van der Waals surface area contributed by atoms with E-state index in [0.717, 1.165) is 64.5 Å². The van der Waals surface area contributed by atoms with Crippen LogP contribution in [-0.2, 0) is 22.4 Å². The number of piperidine rings is 1. The third-order valence-electron chi connectivity index (χ3n) is 5.49. The van der Waals surface area contributed by atoms with Gasteiger partial charge < -0.3 is 14.2 Å². The second kappa shape index (κ2) is 7.85. The summed E-state index contributed by atoms with van der Waals surface area (Å²) in [5.41, 5.74) is 2.78. The number of likely N-dealkylation sites (tertiary alicyclic amines) is 1. The molecule has 0 bridgehead atoms. The van der Waals surface area contributed by atoms with E-state index in [0.29, 0.717) is 12.2 Å². The molecule has 4 heteroatoms. The number of fused-ring (bicyclic) bond motifs is 1. The highest BCUT2D eigenvalue weighted by Crippen LogP contribution is 2.27. The molecule has 2 fully saturated rings. The molecule has 0 aliphatic carbocycles. The van der Waals surface area contributed by atoms with Crippen molar-refractivity contribution in [1.82, 2.24) is 4.90 Å². The molecule has 132 valence electrons. The van der Waals surface area contributed by atoms with Crippen molar-refractivity contribution in [2.24, 2.45) is 0 Å². The lowest BCUT2D eigenvalue weighted by Crippen LogP contribution is -2.38. The zero-order valence-corrected chi connectivity index (χ0v) is 14.5. The molecule has 2 saturated heterocycles. The highest BCUT2D eigenvalue weighted by atomic mass is 16.5. The number of benzene rings is 1. The normalized spacial score (nSPS) is 25.4. The van der Waals surface area contributed by atoms with Crippen molar-refractivity contribution in [3.05, 3.63) is 29.3 Å². The van der Waals surface area contributed by atoms with Crippen LogP contribution in [0.3, 0.4) is 0 Å². The molecule has 0 amide bonds. The van der Waals surface area contributed by atoms with Gasteiger partial charge in [-0.3, -0.25) is 4.90 Å². The van der Waals surface area contributed by atoms with Crippen LogP contribution in [0.25, 0.3) is 0 Å². The van der Waals surface area contributed by atoms with Crippen LogP contribution in [0.1, 0.15) is 43.2 Å². The Morgan fingerprint density at radius 1 is 1.08 bits per heavy atom. The van der Waals surface area contributed by atoms with Gasteiger partial charge in [0.25, 0.3) is 0 Å². The Balaban J connectivity index is 1.20. The molecule has 4 nitrogen and oxygen atoms in total. The summed E-state index contributed by atoms with van der Waals surface area (Å²) in [7, 11) is 0. The lowest BCUT2D eigenvalue weighted by Gasteiger charge is -2.33. The molecule has 0 saturated carbocycles. The van der Waals surface area contributed by atoms with Crippen molar-refractivity contribution in [3.63, 3.8) is 0 Å². The van der Waals surface area contributed by atoms with E-state index in [1.807, 2.05) is 0 Å². The molecule has 1 aromatic rings. The van der Waals surface area contributed by atoms with Crippen molar-refractivity contribution in [1.29, 1.82) is 0 Å². The molecular formula is C20H29NO3. The van der Waals surface area contributed by atoms with Crippen molar-refractivity contribution >= 4 is 0 Å². The standard InChI is InChI=1S/C20H29NO3/c1-2-11-22-19(3-1)15-24-18-6-9-21(10-7-18)14-16-4-5-20-17(13-16)8-12-23-20/h4-5,13,18-19H,1-3,6-12,14-15H2/t19-/m1/s1. The summed E-state index contributed by atoms with van der Waals surface area (Å²) in [5.74, 6) is 1.08. The minimum atomic E-state index is 0.338. The largest absolute Gasteiger partial charge is 0.493 e. The van der Waals surface area contributed by atoms with Crippen LogP contribution < -0.4 is 4.74 Å². The van der Waals surface area contributed by atoms with E-state index in [2.05, 4.69) is 23.1 Å². The van der Waals surface area contributed by atoms with Crippen LogP contribution in [0.4, 0.5) is 0 Å². The van der Waals surface area contributed by atoms with E-state index in [4.69, 9.17) is 14.2 Å². The first kappa shape index (κ1) is 16.4.